The number of hydrogen-bond acceptors (Lipinski definition) is 3. The molecule has 0 heterocycles. The van der Waals surface area contributed by atoms with Gasteiger partial charge in [0, 0.05) is 5.56 Å². The zero-order chi connectivity index (χ0) is 16.1. The number of esters is 1. The largest absolute Gasteiger partial charge is 0.456 e. The van der Waals surface area contributed by atoms with Crippen molar-refractivity contribution in [1.82, 2.24) is 4.90 Å². The van der Waals surface area contributed by atoms with Crippen molar-refractivity contribution in [2.75, 3.05) is 14.1 Å². The van der Waals surface area contributed by atoms with Gasteiger partial charge in [-0.2, -0.15) is 0 Å². The van der Waals surface area contributed by atoms with E-state index in [9.17, 15) is 9.18 Å². The maximum absolute atomic E-state index is 14.0. The molecule has 4 heteroatoms. The number of nitrogens with zero attached hydrogens (tertiary/aromatic N) is 1. The van der Waals surface area contributed by atoms with Crippen LogP contribution in [0, 0.1) is 5.82 Å². The number of halogens is 1. The highest BCUT2D eigenvalue weighted by atomic mass is 19.1. The van der Waals surface area contributed by atoms with E-state index in [1.807, 2.05) is 30.3 Å². The van der Waals surface area contributed by atoms with Crippen LogP contribution in [0.5, 0.6) is 0 Å². The van der Waals surface area contributed by atoms with Gasteiger partial charge in [-0.15, -0.1) is 0 Å². The summed E-state index contributed by atoms with van der Waals surface area (Å²) in [6.45, 7) is 1.81. The fraction of sp³-hybridized carbons (Fsp3) is 0.278. The zero-order valence-electron chi connectivity index (χ0n) is 13.0. The van der Waals surface area contributed by atoms with E-state index in [1.165, 1.54) is 6.07 Å². The normalized spacial score (nSPS) is 13.7. The van der Waals surface area contributed by atoms with Crippen molar-refractivity contribution in [1.29, 1.82) is 0 Å². The van der Waals surface area contributed by atoms with Gasteiger partial charge in [0.25, 0.3) is 0 Å². The second-order valence-electron chi connectivity index (χ2n) is 5.38. The molecular formula is C18H20FNO2. The van der Waals surface area contributed by atoms with Crippen LogP contribution in [0.2, 0.25) is 0 Å². The topological polar surface area (TPSA) is 29.5 Å². The third kappa shape index (κ3) is 3.71. The molecule has 2 aromatic carbocycles. The van der Waals surface area contributed by atoms with Gasteiger partial charge in [0.15, 0.2) is 0 Å². The summed E-state index contributed by atoms with van der Waals surface area (Å²) in [5.41, 5.74) is 1.22. The molecule has 0 aliphatic rings. The Hall–Kier alpha value is -2.20. The second-order valence-corrected chi connectivity index (χ2v) is 5.38. The van der Waals surface area contributed by atoms with E-state index >= 15 is 0 Å². The predicted molar refractivity (Wildman–Crippen MR) is 83.8 cm³/mol. The van der Waals surface area contributed by atoms with Gasteiger partial charge in [-0.3, -0.25) is 4.90 Å². The van der Waals surface area contributed by atoms with Crippen molar-refractivity contribution in [2.24, 2.45) is 0 Å². The molecule has 0 aromatic heterocycles. The van der Waals surface area contributed by atoms with E-state index in [-0.39, 0.29) is 6.10 Å². The highest BCUT2D eigenvalue weighted by Gasteiger charge is 2.28. The number of ether oxygens (including phenoxy) is 1. The molecule has 0 aliphatic carbocycles. The molecule has 2 atom stereocenters. The number of carbonyl (C=O) groups is 1. The van der Waals surface area contributed by atoms with E-state index in [2.05, 4.69) is 0 Å². The van der Waals surface area contributed by atoms with E-state index in [0.717, 1.165) is 5.56 Å². The van der Waals surface area contributed by atoms with Gasteiger partial charge in [0.05, 0.1) is 0 Å². The molecule has 0 bridgehead atoms. The predicted octanol–water partition coefficient (Wildman–Crippen LogP) is 3.73. The second kappa shape index (κ2) is 7.18. The molecular weight excluding hydrogens is 281 g/mol. The van der Waals surface area contributed by atoms with Crippen molar-refractivity contribution in [3.63, 3.8) is 0 Å². The van der Waals surface area contributed by atoms with Crippen LogP contribution in [0.25, 0.3) is 0 Å². The standard InChI is InChI=1S/C18H20FNO2/c1-13(14-9-5-4-6-10-14)22-18(21)17(20(2)3)15-11-7-8-12-16(15)19/h4-13,17H,1-3H3/t13?,17-/m0/s1. The van der Waals surface area contributed by atoms with E-state index in [1.54, 1.807) is 44.1 Å². The van der Waals surface area contributed by atoms with Crippen LogP contribution < -0.4 is 0 Å². The van der Waals surface area contributed by atoms with Crippen LogP contribution in [0.15, 0.2) is 54.6 Å². The fourth-order valence-corrected chi connectivity index (χ4v) is 2.34. The van der Waals surface area contributed by atoms with Gasteiger partial charge in [-0.25, -0.2) is 9.18 Å². The first kappa shape index (κ1) is 16.2. The first-order chi connectivity index (χ1) is 10.5. The van der Waals surface area contributed by atoms with E-state index in [4.69, 9.17) is 4.74 Å². The number of rotatable bonds is 5. The minimum absolute atomic E-state index is 0.317. The van der Waals surface area contributed by atoms with Gasteiger partial charge < -0.3 is 4.74 Å². The number of likely N-dealkylation sites (N-methyl/N-ethyl adjacent to an activating group) is 1. The summed E-state index contributed by atoms with van der Waals surface area (Å²) in [7, 11) is 3.46. The van der Waals surface area contributed by atoms with Gasteiger partial charge in [-0.1, -0.05) is 48.5 Å². The molecule has 22 heavy (non-hydrogen) atoms. The summed E-state index contributed by atoms with van der Waals surface area (Å²) in [4.78, 5) is 14.1. The van der Waals surface area contributed by atoms with Crippen LogP contribution >= 0.6 is 0 Å². The summed E-state index contributed by atoms with van der Waals surface area (Å²) in [5.74, 6) is -0.878. The Morgan fingerprint density at radius 1 is 1.05 bits per heavy atom. The van der Waals surface area contributed by atoms with Crippen molar-refractivity contribution in [2.45, 2.75) is 19.1 Å². The molecule has 0 saturated carbocycles. The Labute approximate surface area is 130 Å². The molecule has 0 saturated heterocycles. The molecule has 0 fully saturated rings. The van der Waals surface area contributed by atoms with Crippen molar-refractivity contribution in [3.8, 4) is 0 Å². The minimum Gasteiger partial charge on any atom is -0.456 e. The Morgan fingerprint density at radius 3 is 2.23 bits per heavy atom. The molecule has 116 valence electrons. The Morgan fingerprint density at radius 2 is 1.64 bits per heavy atom. The SMILES string of the molecule is CC(OC(=O)[C@H](c1ccccc1F)N(C)C)c1ccccc1. The van der Waals surface area contributed by atoms with Gasteiger partial charge >= 0.3 is 5.97 Å². The molecule has 3 nitrogen and oxygen atoms in total. The van der Waals surface area contributed by atoms with Gasteiger partial charge in [0.1, 0.15) is 18.0 Å². The van der Waals surface area contributed by atoms with Gasteiger partial charge in [-0.05, 0) is 32.6 Å². The van der Waals surface area contributed by atoms with Gasteiger partial charge in [0.2, 0.25) is 0 Å². The number of hydrogen-bond donors (Lipinski definition) is 0. The lowest BCUT2D eigenvalue weighted by atomic mass is 10.1. The lowest BCUT2D eigenvalue weighted by molar-refractivity contribution is -0.154. The first-order valence-corrected chi connectivity index (χ1v) is 7.17. The highest BCUT2D eigenvalue weighted by molar-refractivity contribution is 5.78. The molecule has 1 unspecified atom stereocenters. The molecule has 0 amide bonds. The smallest absolute Gasteiger partial charge is 0.328 e. The van der Waals surface area contributed by atoms with Crippen LogP contribution in [-0.4, -0.2) is 25.0 Å². The van der Waals surface area contributed by atoms with Crippen LogP contribution in [0.1, 0.15) is 30.2 Å². The Bertz CT molecular complexity index is 628. The maximum atomic E-state index is 14.0. The average Bonchev–Trinajstić information content (AvgIpc) is 2.50. The maximum Gasteiger partial charge on any atom is 0.328 e. The minimum atomic E-state index is -0.771. The summed E-state index contributed by atoms with van der Waals surface area (Å²) in [5, 5.41) is 0. The van der Waals surface area contributed by atoms with E-state index in [0.29, 0.717) is 5.56 Å². The third-order valence-corrected chi connectivity index (χ3v) is 3.50. The van der Waals surface area contributed by atoms with E-state index < -0.39 is 17.8 Å². The summed E-state index contributed by atoms with van der Waals surface area (Å²) < 4.78 is 19.5. The lowest BCUT2D eigenvalue weighted by Crippen LogP contribution is -2.30. The zero-order valence-corrected chi connectivity index (χ0v) is 13.0. The molecule has 2 rings (SSSR count). The lowest BCUT2D eigenvalue weighted by Gasteiger charge is -2.25. The average molecular weight is 301 g/mol. The van der Waals surface area contributed by atoms with Crippen LogP contribution in [-0.2, 0) is 9.53 Å². The number of benzene rings is 2. The molecule has 0 aliphatic heterocycles. The third-order valence-electron chi connectivity index (χ3n) is 3.50. The van der Waals surface area contributed by atoms with Crippen molar-refractivity contribution >= 4 is 5.97 Å². The molecule has 0 N–H and O–H groups in total. The summed E-state index contributed by atoms with van der Waals surface area (Å²) >= 11 is 0. The first-order valence-electron chi connectivity index (χ1n) is 7.17. The monoisotopic (exact) mass is 301 g/mol. The fourth-order valence-electron chi connectivity index (χ4n) is 2.34. The summed E-state index contributed by atoms with van der Waals surface area (Å²) in [6, 6.07) is 15.0. The number of carbonyl (C=O) groups excluding carboxylic acids is 1. The van der Waals surface area contributed by atoms with Crippen molar-refractivity contribution in [3.05, 3.63) is 71.5 Å². The highest BCUT2D eigenvalue weighted by Crippen LogP contribution is 2.26. The van der Waals surface area contributed by atoms with Crippen molar-refractivity contribution < 1.29 is 13.9 Å². The Balaban J connectivity index is 2.19. The molecule has 2 aromatic rings. The van der Waals surface area contributed by atoms with Crippen LogP contribution in [0.3, 0.4) is 0 Å². The van der Waals surface area contributed by atoms with Crippen LogP contribution in [0.4, 0.5) is 4.39 Å². The molecule has 0 spiro atoms. The Kier molecular flexibility index (Phi) is 5.28. The molecule has 0 radical (unpaired) electrons. The summed E-state index contributed by atoms with van der Waals surface area (Å²) in [6.07, 6.45) is -0.386. The quantitative estimate of drug-likeness (QED) is 0.788.